The third-order valence-corrected chi connectivity index (χ3v) is 4.41. The van der Waals surface area contributed by atoms with Gasteiger partial charge >= 0.3 is 0 Å². The normalized spacial score (nSPS) is 27.9. The Kier molecular flexibility index (Phi) is 2.54. The molecular formula is C14H14OS. The van der Waals surface area contributed by atoms with E-state index in [1.165, 1.54) is 10.4 Å². The molecule has 1 fully saturated rings. The van der Waals surface area contributed by atoms with Gasteiger partial charge in [-0.2, -0.15) is 0 Å². The Labute approximate surface area is 99.4 Å². The van der Waals surface area contributed by atoms with Crippen LogP contribution in [0, 0.1) is 5.92 Å². The summed E-state index contributed by atoms with van der Waals surface area (Å²) in [6, 6.07) is 14.8. The summed E-state index contributed by atoms with van der Waals surface area (Å²) in [5, 5.41) is 11.5. The first-order valence-corrected chi connectivity index (χ1v) is 6.49. The van der Waals surface area contributed by atoms with Crippen LogP contribution in [0.5, 0.6) is 0 Å². The van der Waals surface area contributed by atoms with Crippen molar-refractivity contribution in [2.75, 3.05) is 6.61 Å². The van der Waals surface area contributed by atoms with Crippen LogP contribution >= 0.6 is 11.3 Å². The lowest BCUT2D eigenvalue weighted by Gasteiger charge is -1.97. The van der Waals surface area contributed by atoms with Gasteiger partial charge in [0.1, 0.15) is 0 Å². The Morgan fingerprint density at radius 1 is 1.00 bits per heavy atom. The van der Waals surface area contributed by atoms with Gasteiger partial charge in [0.15, 0.2) is 0 Å². The molecule has 1 heterocycles. The van der Waals surface area contributed by atoms with Gasteiger partial charge in [0, 0.05) is 17.4 Å². The highest BCUT2D eigenvalue weighted by Gasteiger charge is 2.51. The SMILES string of the molecule is OCC1C(c2ccccc2)C1c1cccs1. The van der Waals surface area contributed by atoms with E-state index in [2.05, 4.69) is 41.8 Å². The van der Waals surface area contributed by atoms with Gasteiger partial charge in [0.2, 0.25) is 0 Å². The van der Waals surface area contributed by atoms with Crippen molar-refractivity contribution in [1.82, 2.24) is 0 Å². The van der Waals surface area contributed by atoms with E-state index in [0.717, 1.165) is 0 Å². The molecule has 0 amide bonds. The molecule has 1 nitrogen and oxygen atoms in total. The first-order valence-electron chi connectivity index (χ1n) is 5.61. The fourth-order valence-electron chi connectivity index (χ4n) is 2.60. The maximum atomic E-state index is 9.41. The third-order valence-electron chi connectivity index (χ3n) is 3.44. The highest BCUT2D eigenvalue weighted by atomic mass is 32.1. The van der Waals surface area contributed by atoms with Crippen molar-refractivity contribution in [2.45, 2.75) is 11.8 Å². The van der Waals surface area contributed by atoms with Gasteiger partial charge in [0.05, 0.1) is 0 Å². The van der Waals surface area contributed by atoms with Crippen molar-refractivity contribution in [3.05, 3.63) is 58.3 Å². The van der Waals surface area contributed by atoms with Crippen molar-refractivity contribution < 1.29 is 5.11 Å². The summed E-state index contributed by atoms with van der Waals surface area (Å²) in [6.45, 7) is 0.294. The second kappa shape index (κ2) is 4.04. The lowest BCUT2D eigenvalue weighted by Crippen LogP contribution is -1.88. The molecule has 0 bridgehead atoms. The summed E-state index contributed by atoms with van der Waals surface area (Å²) >= 11 is 1.80. The Hall–Kier alpha value is -1.12. The van der Waals surface area contributed by atoms with E-state index >= 15 is 0 Å². The van der Waals surface area contributed by atoms with Crippen molar-refractivity contribution in [1.29, 1.82) is 0 Å². The lowest BCUT2D eigenvalue weighted by atomic mass is 10.1. The Morgan fingerprint density at radius 2 is 1.81 bits per heavy atom. The molecule has 16 heavy (non-hydrogen) atoms. The van der Waals surface area contributed by atoms with Crippen LogP contribution in [0.1, 0.15) is 22.3 Å². The number of hydrogen-bond donors (Lipinski definition) is 1. The van der Waals surface area contributed by atoms with E-state index in [1.807, 2.05) is 6.07 Å². The molecule has 1 saturated carbocycles. The largest absolute Gasteiger partial charge is 0.396 e. The number of hydrogen-bond acceptors (Lipinski definition) is 2. The summed E-state index contributed by atoms with van der Waals surface area (Å²) in [4.78, 5) is 1.41. The van der Waals surface area contributed by atoms with E-state index in [9.17, 15) is 5.11 Å². The molecule has 1 aromatic carbocycles. The molecule has 1 aliphatic rings. The molecular weight excluding hydrogens is 216 g/mol. The van der Waals surface area contributed by atoms with Crippen LogP contribution in [0.3, 0.4) is 0 Å². The average molecular weight is 230 g/mol. The molecule has 0 aliphatic heterocycles. The van der Waals surface area contributed by atoms with E-state index in [0.29, 0.717) is 24.4 Å². The molecule has 0 radical (unpaired) electrons. The molecule has 0 saturated heterocycles. The zero-order valence-corrected chi connectivity index (χ0v) is 9.73. The van der Waals surface area contributed by atoms with Crippen molar-refractivity contribution in [3.63, 3.8) is 0 Å². The smallest absolute Gasteiger partial charge is 0.0471 e. The lowest BCUT2D eigenvalue weighted by molar-refractivity contribution is 0.271. The van der Waals surface area contributed by atoms with E-state index in [1.54, 1.807) is 11.3 Å². The van der Waals surface area contributed by atoms with Gasteiger partial charge in [0.25, 0.3) is 0 Å². The maximum Gasteiger partial charge on any atom is 0.0471 e. The molecule has 3 rings (SSSR count). The maximum absolute atomic E-state index is 9.41. The van der Waals surface area contributed by atoms with Crippen LogP contribution in [0.4, 0.5) is 0 Å². The first-order chi connectivity index (χ1) is 7.92. The number of aliphatic hydroxyl groups excluding tert-OH is 1. The Balaban J connectivity index is 1.88. The highest BCUT2D eigenvalue weighted by molar-refractivity contribution is 7.10. The van der Waals surface area contributed by atoms with Crippen LogP contribution in [0.15, 0.2) is 47.8 Å². The molecule has 3 atom stereocenters. The Bertz CT molecular complexity index is 449. The molecule has 0 spiro atoms. The fourth-order valence-corrected chi connectivity index (χ4v) is 3.55. The average Bonchev–Trinajstić information content (AvgIpc) is 2.82. The monoisotopic (exact) mass is 230 g/mol. The second-order valence-electron chi connectivity index (χ2n) is 4.32. The molecule has 3 unspecified atom stereocenters. The zero-order valence-electron chi connectivity index (χ0n) is 8.91. The molecule has 1 N–H and O–H groups in total. The molecule has 1 aliphatic carbocycles. The van der Waals surface area contributed by atoms with Crippen LogP contribution in [0.25, 0.3) is 0 Å². The van der Waals surface area contributed by atoms with Gasteiger partial charge in [-0.05, 0) is 28.8 Å². The minimum absolute atomic E-state index is 0.294. The summed E-state index contributed by atoms with van der Waals surface area (Å²) in [6.07, 6.45) is 0. The number of thiophene rings is 1. The number of aliphatic hydroxyl groups is 1. The second-order valence-corrected chi connectivity index (χ2v) is 5.30. The summed E-state index contributed by atoms with van der Waals surface area (Å²) < 4.78 is 0. The van der Waals surface area contributed by atoms with E-state index in [4.69, 9.17) is 0 Å². The predicted octanol–water partition coefficient (Wildman–Crippen LogP) is 3.24. The summed E-state index contributed by atoms with van der Waals surface area (Å²) in [5.74, 6) is 1.47. The Morgan fingerprint density at radius 3 is 2.44 bits per heavy atom. The van der Waals surface area contributed by atoms with Gasteiger partial charge in [-0.1, -0.05) is 36.4 Å². The first kappa shape index (κ1) is 10.1. The summed E-state index contributed by atoms with van der Waals surface area (Å²) in [7, 11) is 0. The number of benzene rings is 1. The standard InChI is InChI=1S/C14H14OS/c15-9-11-13(10-5-2-1-3-6-10)14(11)12-7-4-8-16-12/h1-8,11,13-15H,9H2. The van der Waals surface area contributed by atoms with Crippen LogP contribution in [0.2, 0.25) is 0 Å². The van der Waals surface area contributed by atoms with Crippen molar-refractivity contribution in [3.8, 4) is 0 Å². The minimum Gasteiger partial charge on any atom is -0.396 e. The zero-order chi connectivity index (χ0) is 11.0. The molecule has 1 aromatic heterocycles. The van der Waals surface area contributed by atoms with Gasteiger partial charge < -0.3 is 5.11 Å². The molecule has 2 aromatic rings. The molecule has 82 valence electrons. The quantitative estimate of drug-likeness (QED) is 0.858. The predicted molar refractivity (Wildman–Crippen MR) is 66.8 cm³/mol. The minimum atomic E-state index is 0.294. The number of rotatable bonds is 3. The van der Waals surface area contributed by atoms with E-state index < -0.39 is 0 Å². The van der Waals surface area contributed by atoms with Crippen LogP contribution in [-0.4, -0.2) is 11.7 Å². The summed E-state index contributed by atoms with van der Waals surface area (Å²) in [5.41, 5.74) is 1.36. The van der Waals surface area contributed by atoms with E-state index in [-0.39, 0.29) is 0 Å². The van der Waals surface area contributed by atoms with Crippen LogP contribution < -0.4 is 0 Å². The van der Waals surface area contributed by atoms with Crippen molar-refractivity contribution >= 4 is 11.3 Å². The highest BCUT2D eigenvalue weighted by Crippen LogP contribution is 2.60. The fraction of sp³-hybridized carbons (Fsp3) is 0.286. The van der Waals surface area contributed by atoms with Crippen LogP contribution in [-0.2, 0) is 0 Å². The molecule has 2 heteroatoms. The topological polar surface area (TPSA) is 20.2 Å². The van der Waals surface area contributed by atoms with Gasteiger partial charge in [-0.25, -0.2) is 0 Å². The van der Waals surface area contributed by atoms with Crippen molar-refractivity contribution in [2.24, 2.45) is 5.92 Å². The van der Waals surface area contributed by atoms with Gasteiger partial charge in [-0.3, -0.25) is 0 Å². The third kappa shape index (κ3) is 1.58. The van der Waals surface area contributed by atoms with Gasteiger partial charge in [-0.15, -0.1) is 11.3 Å².